The number of hydrogen-bond acceptors (Lipinski definition) is 6. The zero-order valence-electron chi connectivity index (χ0n) is 19.8. The topological polar surface area (TPSA) is 70.2 Å². The second-order valence-corrected chi connectivity index (χ2v) is 12.5. The molecule has 0 spiro atoms. The largest absolute Gasteiger partial charge is 0.379 e. The molecule has 0 radical (unpaired) electrons. The number of ether oxygens (including phenoxy) is 1. The van der Waals surface area contributed by atoms with Gasteiger partial charge < -0.3 is 9.64 Å². The molecule has 0 N–H and O–H groups in total. The van der Waals surface area contributed by atoms with Gasteiger partial charge in [-0.1, -0.05) is 30.3 Å². The van der Waals surface area contributed by atoms with E-state index >= 15 is 0 Å². The lowest BCUT2D eigenvalue weighted by Gasteiger charge is -2.31. The molecule has 1 aliphatic rings. The van der Waals surface area contributed by atoms with Gasteiger partial charge in [-0.3, -0.25) is 9.69 Å². The van der Waals surface area contributed by atoms with Crippen molar-refractivity contribution in [3.63, 3.8) is 0 Å². The van der Waals surface area contributed by atoms with E-state index in [1.165, 1.54) is 9.18 Å². The van der Waals surface area contributed by atoms with E-state index in [4.69, 9.17) is 4.74 Å². The highest BCUT2D eigenvalue weighted by Gasteiger charge is 2.30. The van der Waals surface area contributed by atoms with Gasteiger partial charge in [-0.2, -0.15) is 4.31 Å². The Kier molecular flexibility index (Phi) is 9.46. The highest BCUT2D eigenvalue weighted by atomic mass is 32.2. The van der Waals surface area contributed by atoms with Crippen molar-refractivity contribution in [3.05, 3.63) is 57.8 Å². The fourth-order valence-corrected chi connectivity index (χ4v) is 5.85. The fraction of sp³-hybridized carbons (Fsp3) is 0.542. The van der Waals surface area contributed by atoms with E-state index in [0.29, 0.717) is 39.4 Å². The molecule has 182 valence electrons. The van der Waals surface area contributed by atoms with Crippen LogP contribution in [0.25, 0.3) is 0 Å². The van der Waals surface area contributed by atoms with E-state index in [0.717, 1.165) is 23.5 Å². The van der Waals surface area contributed by atoms with Gasteiger partial charge in [0.2, 0.25) is 15.9 Å². The molecular weight excluding hydrogens is 458 g/mol. The molecule has 1 amide bonds. The van der Waals surface area contributed by atoms with E-state index < -0.39 is 15.3 Å². The first kappa shape index (κ1) is 25.8. The molecule has 3 rings (SSSR count). The van der Waals surface area contributed by atoms with Gasteiger partial charge in [0.25, 0.3) is 0 Å². The van der Waals surface area contributed by atoms with Crippen LogP contribution in [0.1, 0.15) is 29.2 Å². The number of rotatable bonds is 11. The van der Waals surface area contributed by atoms with Gasteiger partial charge in [-0.25, -0.2) is 8.42 Å². The summed E-state index contributed by atoms with van der Waals surface area (Å²) in [7, 11) is -3.58. The zero-order valence-corrected chi connectivity index (χ0v) is 21.4. The van der Waals surface area contributed by atoms with E-state index in [-0.39, 0.29) is 12.5 Å². The molecule has 2 heterocycles. The monoisotopic (exact) mass is 493 g/mol. The van der Waals surface area contributed by atoms with Crippen LogP contribution in [0.3, 0.4) is 0 Å². The zero-order chi connectivity index (χ0) is 23.8. The van der Waals surface area contributed by atoms with Crippen molar-refractivity contribution >= 4 is 27.3 Å². The average molecular weight is 494 g/mol. The summed E-state index contributed by atoms with van der Waals surface area (Å²) in [6.45, 7) is 9.87. The van der Waals surface area contributed by atoms with Crippen LogP contribution in [0, 0.1) is 6.92 Å². The number of carbonyl (C=O) groups excluding carboxylic acids is 1. The molecule has 0 aliphatic carbocycles. The third-order valence-electron chi connectivity index (χ3n) is 5.75. The predicted octanol–water partition coefficient (Wildman–Crippen LogP) is 2.96. The normalized spacial score (nSPS) is 15.3. The Morgan fingerprint density at radius 3 is 2.39 bits per heavy atom. The van der Waals surface area contributed by atoms with Crippen LogP contribution in [-0.2, 0) is 32.6 Å². The van der Waals surface area contributed by atoms with Crippen molar-refractivity contribution < 1.29 is 17.9 Å². The SMILES string of the molecule is Cc1ccc(CN(Cc2ccccc2)C(=O)CN(CCN2CCOCC2)S(=O)(=O)C(C)C)s1. The number of thiophene rings is 1. The second kappa shape index (κ2) is 12.1. The van der Waals surface area contributed by atoms with E-state index in [1.807, 2.05) is 49.4 Å². The average Bonchev–Trinajstić information content (AvgIpc) is 3.21. The Labute approximate surface area is 202 Å². The number of amides is 1. The van der Waals surface area contributed by atoms with Crippen molar-refractivity contribution in [2.75, 3.05) is 45.9 Å². The van der Waals surface area contributed by atoms with Gasteiger partial charge in [0.15, 0.2) is 0 Å². The molecule has 0 saturated carbocycles. The number of carbonyl (C=O) groups is 1. The number of morpholine rings is 1. The van der Waals surface area contributed by atoms with E-state index in [9.17, 15) is 13.2 Å². The summed E-state index contributed by atoms with van der Waals surface area (Å²) in [6.07, 6.45) is 0. The minimum absolute atomic E-state index is 0.151. The van der Waals surface area contributed by atoms with Gasteiger partial charge in [0.05, 0.1) is 31.6 Å². The predicted molar refractivity (Wildman–Crippen MR) is 133 cm³/mol. The molecule has 2 aromatic rings. The molecule has 0 atom stereocenters. The number of benzene rings is 1. The second-order valence-electron chi connectivity index (χ2n) is 8.63. The maximum absolute atomic E-state index is 13.5. The summed E-state index contributed by atoms with van der Waals surface area (Å²) >= 11 is 1.66. The molecule has 1 fully saturated rings. The van der Waals surface area contributed by atoms with Crippen LogP contribution in [0.15, 0.2) is 42.5 Å². The number of nitrogens with zero attached hydrogens (tertiary/aromatic N) is 3. The summed E-state index contributed by atoms with van der Waals surface area (Å²) in [4.78, 5) is 19.7. The number of sulfonamides is 1. The molecule has 1 saturated heterocycles. The molecule has 0 bridgehead atoms. The molecule has 7 nitrogen and oxygen atoms in total. The first-order chi connectivity index (χ1) is 15.8. The van der Waals surface area contributed by atoms with Crippen LogP contribution in [0.5, 0.6) is 0 Å². The van der Waals surface area contributed by atoms with Crippen LogP contribution in [0.2, 0.25) is 0 Å². The summed E-state index contributed by atoms with van der Waals surface area (Å²) in [5, 5.41) is -0.586. The van der Waals surface area contributed by atoms with Crippen molar-refractivity contribution in [1.29, 1.82) is 0 Å². The lowest BCUT2D eigenvalue weighted by molar-refractivity contribution is -0.132. The minimum atomic E-state index is -3.58. The smallest absolute Gasteiger partial charge is 0.238 e. The lowest BCUT2D eigenvalue weighted by Crippen LogP contribution is -2.48. The van der Waals surface area contributed by atoms with Crippen molar-refractivity contribution in [1.82, 2.24) is 14.1 Å². The van der Waals surface area contributed by atoms with Gasteiger partial charge in [0, 0.05) is 42.5 Å². The van der Waals surface area contributed by atoms with Crippen molar-refractivity contribution in [2.45, 2.75) is 39.1 Å². The van der Waals surface area contributed by atoms with Gasteiger partial charge in [-0.15, -0.1) is 11.3 Å². The summed E-state index contributed by atoms with van der Waals surface area (Å²) in [6, 6.07) is 13.9. The number of aryl methyl sites for hydroxylation is 1. The molecule has 9 heteroatoms. The molecule has 1 aromatic carbocycles. The van der Waals surface area contributed by atoms with E-state index in [1.54, 1.807) is 30.1 Å². The Balaban J connectivity index is 1.76. The number of hydrogen-bond donors (Lipinski definition) is 0. The van der Waals surface area contributed by atoms with Crippen molar-refractivity contribution in [2.24, 2.45) is 0 Å². The Bertz CT molecular complexity index is 986. The maximum atomic E-state index is 13.5. The van der Waals surface area contributed by atoms with Crippen LogP contribution >= 0.6 is 11.3 Å². The highest BCUT2D eigenvalue weighted by Crippen LogP contribution is 2.19. The van der Waals surface area contributed by atoms with Crippen LogP contribution < -0.4 is 0 Å². The molecular formula is C24H35N3O4S2. The van der Waals surface area contributed by atoms with Gasteiger partial charge in [0.1, 0.15) is 0 Å². The quantitative estimate of drug-likeness (QED) is 0.481. The lowest BCUT2D eigenvalue weighted by atomic mass is 10.2. The third-order valence-corrected chi connectivity index (χ3v) is 8.96. The molecule has 33 heavy (non-hydrogen) atoms. The molecule has 1 aliphatic heterocycles. The van der Waals surface area contributed by atoms with Crippen LogP contribution in [0.4, 0.5) is 0 Å². The maximum Gasteiger partial charge on any atom is 0.238 e. The van der Waals surface area contributed by atoms with Crippen LogP contribution in [-0.4, -0.2) is 79.6 Å². The summed E-state index contributed by atoms with van der Waals surface area (Å²) < 4.78 is 32.9. The van der Waals surface area contributed by atoms with Crippen molar-refractivity contribution in [3.8, 4) is 0 Å². The molecule has 0 unspecified atom stereocenters. The molecule has 1 aromatic heterocycles. The highest BCUT2D eigenvalue weighted by molar-refractivity contribution is 7.89. The minimum Gasteiger partial charge on any atom is -0.379 e. The first-order valence-electron chi connectivity index (χ1n) is 11.4. The first-order valence-corrected chi connectivity index (χ1v) is 13.7. The Morgan fingerprint density at radius 1 is 1.09 bits per heavy atom. The Morgan fingerprint density at radius 2 is 1.79 bits per heavy atom. The third kappa shape index (κ3) is 7.61. The summed E-state index contributed by atoms with van der Waals surface area (Å²) in [5.74, 6) is -0.184. The van der Waals surface area contributed by atoms with Gasteiger partial charge in [-0.05, 0) is 38.5 Å². The van der Waals surface area contributed by atoms with E-state index in [2.05, 4.69) is 4.90 Å². The standard InChI is InChI=1S/C24H35N3O4S2/c1-20(2)33(29,30)27(12-11-25-13-15-31-16-14-25)19-24(28)26(17-22-7-5-4-6-8-22)18-23-10-9-21(3)32-23/h4-10,20H,11-19H2,1-3H3. The summed E-state index contributed by atoms with van der Waals surface area (Å²) in [5.41, 5.74) is 1.02. The Hall–Kier alpha value is -1.78. The van der Waals surface area contributed by atoms with Gasteiger partial charge >= 0.3 is 0 Å². The fourth-order valence-electron chi connectivity index (χ4n) is 3.72.